The summed E-state index contributed by atoms with van der Waals surface area (Å²) in [5.74, 6) is 0.493. The molecule has 1 aromatic rings. The van der Waals surface area contributed by atoms with Crippen molar-refractivity contribution in [1.82, 2.24) is 10.2 Å². The maximum Gasteiger partial charge on any atom is 0.234 e. The van der Waals surface area contributed by atoms with Gasteiger partial charge in [0.1, 0.15) is 18.8 Å². The Hall–Kier alpha value is -2.06. The highest BCUT2D eigenvalue weighted by atomic mass is 16.5. The highest BCUT2D eigenvalue weighted by Gasteiger charge is 2.05. The minimum absolute atomic E-state index is 0.121. The highest BCUT2D eigenvalue weighted by Crippen LogP contribution is 2.17. The quantitative estimate of drug-likeness (QED) is 0.800. The second-order valence-electron chi connectivity index (χ2n) is 4.37. The van der Waals surface area contributed by atoms with Gasteiger partial charge < -0.3 is 15.0 Å². The van der Waals surface area contributed by atoms with Crippen LogP contribution in [0, 0.1) is 11.3 Å². The van der Waals surface area contributed by atoms with Crippen LogP contribution >= 0.6 is 0 Å². The van der Waals surface area contributed by atoms with Crippen molar-refractivity contribution in [3.63, 3.8) is 0 Å². The number of amides is 1. The summed E-state index contributed by atoms with van der Waals surface area (Å²) in [4.78, 5) is 13.3. The molecule has 0 atom stereocenters. The van der Waals surface area contributed by atoms with Gasteiger partial charge in [-0.1, -0.05) is 18.2 Å². The molecule has 0 spiro atoms. The summed E-state index contributed by atoms with van der Waals surface area (Å²) < 4.78 is 5.68. The summed E-state index contributed by atoms with van der Waals surface area (Å²) in [5.41, 5.74) is 0.910. The molecule has 1 N–H and O–H groups in total. The minimum Gasteiger partial charge on any atom is -0.492 e. The van der Waals surface area contributed by atoms with Crippen LogP contribution in [0.3, 0.4) is 0 Å². The van der Waals surface area contributed by atoms with Gasteiger partial charge in [-0.05, 0) is 20.2 Å². The molecular formula is C14H19N3O2. The molecule has 0 aliphatic heterocycles. The van der Waals surface area contributed by atoms with E-state index in [4.69, 9.17) is 10.00 Å². The van der Waals surface area contributed by atoms with Gasteiger partial charge in [-0.25, -0.2) is 0 Å². The third kappa shape index (κ3) is 5.89. The van der Waals surface area contributed by atoms with Crippen LogP contribution < -0.4 is 10.1 Å². The number of ether oxygens (including phenoxy) is 1. The number of nitriles is 1. The molecule has 0 aromatic heterocycles. The number of carbonyl (C=O) groups is 1. The number of likely N-dealkylation sites (N-methyl/N-ethyl adjacent to an activating group) is 1. The first kappa shape index (κ1) is 15.0. The molecule has 0 saturated carbocycles. The maximum atomic E-state index is 11.2. The predicted molar refractivity (Wildman–Crippen MR) is 72.6 cm³/mol. The molecule has 0 saturated heterocycles. The summed E-state index contributed by atoms with van der Waals surface area (Å²) in [6, 6.07) is 9.38. The maximum absolute atomic E-state index is 11.2. The summed E-state index contributed by atoms with van der Waals surface area (Å²) in [7, 11) is 3.97. The Bertz CT molecular complexity index is 452. The van der Waals surface area contributed by atoms with E-state index in [-0.39, 0.29) is 12.3 Å². The van der Waals surface area contributed by atoms with Gasteiger partial charge in [-0.2, -0.15) is 5.26 Å². The van der Waals surface area contributed by atoms with Gasteiger partial charge in [-0.15, -0.1) is 0 Å². The second kappa shape index (κ2) is 8.11. The predicted octanol–water partition coefficient (Wildman–Crippen LogP) is 1.16. The van der Waals surface area contributed by atoms with Crippen molar-refractivity contribution in [2.45, 2.75) is 13.0 Å². The van der Waals surface area contributed by atoms with Crippen molar-refractivity contribution >= 4 is 5.91 Å². The van der Waals surface area contributed by atoms with Crippen LogP contribution in [0.2, 0.25) is 0 Å². The average Bonchev–Trinajstić information content (AvgIpc) is 2.37. The Morgan fingerprint density at radius 2 is 2.16 bits per heavy atom. The zero-order chi connectivity index (χ0) is 14.1. The monoisotopic (exact) mass is 261 g/mol. The molecule has 5 heteroatoms. The molecule has 0 fully saturated rings. The van der Waals surface area contributed by atoms with E-state index in [1.807, 2.05) is 49.3 Å². The Morgan fingerprint density at radius 3 is 2.84 bits per heavy atom. The van der Waals surface area contributed by atoms with Gasteiger partial charge in [0.25, 0.3) is 0 Å². The fourth-order valence-corrected chi connectivity index (χ4v) is 1.46. The molecule has 1 rings (SSSR count). The molecule has 0 heterocycles. The number of benzene rings is 1. The summed E-state index contributed by atoms with van der Waals surface area (Å²) in [6.07, 6.45) is -0.121. The first-order valence-corrected chi connectivity index (χ1v) is 6.12. The van der Waals surface area contributed by atoms with E-state index in [9.17, 15) is 4.79 Å². The molecule has 0 radical (unpaired) electrons. The second-order valence-corrected chi connectivity index (χ2v) is 4.37. The minimum atomic E-state index is -0.273. The number of para-hydroxylation sites is 1. The Labute approximate surface area is 113 Å². The molecule has 1 amide bonds. The summed E-state index contributed by atoms with van der Waals surface area (Å²) in [5, 5.41) is 11.1. The van der Waals surface area contributed by atoms with Crippen molar-refractivity contribution in [1.29, 1.82) is 5.26 Å². The first-order chi connectivity index (χ1) is 9.13. The van der Waals surface area contributed by atoms with Crippen LogP contribution in [0.5, 0.6) is 5.75 Å². The molecule has 19 heavy (non-hydrogen) atoms. The molecule has 1 aromatic carbocycles. The number of hydrogen-bond donors (Lipinski definition) is 1. The lowest BCUT2D eigenvalue weighted by Crippen LogP contribution is -2.23. The topological polar surface area (TPSA) is 65.4 Å². The average molecular weight is 261 g/mol. The van der Waals surface area contributed by atoms with Crippen molar-refractivity contribution in [2.75, 3.05) is 27.2 Å². The number of nitrogens with one attached hydrogen (secondary N) is 1. The van der Waals surface area contributed by atoms with Crippen molar-refractivity contribution < 1.29 is 9.53 Å². The first-order valence-electron chi connectivity index (χ1n) is 6.12. The van der Waals surface area contributed by atoms with E-state index in [1.54, 1.807) is 0 Å². The third-order valence-corrected chi connectivity index (χ3v) is 2.48. The molecule has 0 unspecified atom stereocenters. The number of rotatable bonds is 7. The van der Waals surface area contributed by atoms with Gasteiger partial charge >= 0.3 is 0 Å². The standard InChI is InChI=1S/C14H19N3O2/c1-17(2)9-10-19-13-6-4-3-5-12(13)11-16-14(18)7-8-15/h3-6H,7,9-11H2,1-2H3,(H,16,18). The van der Waals surface area contributed by atoms with Crippen LogP contribution in [0.15, 0.2) is 24.3 Å². The van der Waals surface area contributed by atoms with Crippen molar-refractivity contribution in [3.05, 3.63) is 29.8 Å². The van der Waals surface area contributed by atoms with E-state index in [2.05, 4.69) is 5.32 Å². The van der Waals surface area contributed by atoms with Crippen LogP contribution in [0.1, 0.15) is 12.0 Å². The SMILES string of the molecule is CN(C)CCOc1ccccc1CNC(=O)CC#N. The molecule has 0 bridgehead atoms. The van der Waals surface area contributed by atoms with Crippen LogP contribution in [0.25, 0.3) is 0 Å². The van der Waals surface area contributed by atoms with Crippen LogP contribution in [-0.2, 0) is 11.3 Å². The van der Waals surface area contributed by atoms with Gasteiger partial charge in [0, 0.05) is 18.7 Å². The zero-order valence-electron chi connectivity index (χ0n) is 11.3. The normalized spacial score (nSPS) is 10.0. The summed E-state index contributed by atoms with van der Waals surface area (Å²) >= 11 is 0. The Kier molecular flexibility index (Phi) is 6.41. The Balaban J connectivity index is 2.53. The molecule has 0 aliphatic carbocycles. The number of nitrogens with zero attached hydrogens (tertiary/aromatic N) is 2. The molecule has 5 nitrogen and oxygen atoms in total. The highest BCUT2D eigenvalue weighted by molar-refractivity contribution is 5.78. The molecular weight excluding hydrogens is 242 g/mol. The van der Waals surface area contributed by atoms with Crippen molar-refractivity contribution in [3.8, 4) is 11.8 Å². The molecule has 0 aliphatic rings. The lowest BCUT2D eigenvalue weighted by Gasteiger charge is -2.14. The molecule has 102 valence electrons. The van der Waals surface area contributed by atoms with Gasteiger partial charge in [0.05, 0.1) is 6.07 Å². The van der Waals surface area contributed by atoms with E-state index >= 15 is 0 Å². The Morgan fingerprint density at radius 1 is 1.42 bits per heavy atom. The smallest absolute Gasteiger partial charge is 0.234 e. The fraction of sp³-hybridized carbons (Fsp3) is 0.429. The summed E-state index contributed by atoms with van der Waals surface area (Å²) in [6.45, 7) is 1.80. The van der Waals surface area contributed by atoms with Gasteiger partial charge in [0.15, 0.2) is 0 Å². The number of hydrogen-bond acceptors (Lipinski definition) is 4. The van der Waals surface area contributed by atoms with Crippen molar-refractivity contribution in [2.24, 2.45) is 0 Å². The lowest BCUT2D eigenvalue weighted by molar-refractivity contribution is -0.120. The fourth-order valence-electron chi connectivity index (χ4n) is 1.46. The zero-order valence-corrected chi connectivity index (χ0v) is 11.3. The largest absolute Gasteiger partial charge is 0.492 e. The van der Waals surface area contributed by atoms with Crippen LogP contribution in [-0.4, -0.2) is 38.1 Å². The van der Waals surface area contributed by atoms with Crippen LogP contribution in [0.4, 0.5) is 0 Å². The number of carbonyl (C=O) groups excluding carboxylic acids is 1. The third-order valence-electron chi connectivity index (χ3n) is 2.48. The van der Waals surface area contributed by atoms with E-state index in [1.165, 1.54) is 0 Å². The van der Waals surface area contributed by atoms with Gasteiger partial charge in [-0.3, -0.25) is 4.79 Å². The van der Waals surface area contributed by atoms with E-state index in [0.29, 0.717) is 13.2 Å². The lowest BCUT2D eigenvalue weighted by atomic mass is 10.2. The van der Waals surface area contributed by atoms with E-state index < -0.39 is 0 Å². The van der Waals surface area contributed by atoms with E-state index in [0.717, 1.165) is 17.9 Å². The van der Waals surface area contributed by atoms with Gasteiger partial charge in [0.2, 0.25) is 5.91 Å².